The van der Waals surface area contributed by atoms with Crippen LogP contribution in [0.3, 0.4) is 0 Å². The lowest BCUT2D eigenvalue weighted by molar-refractivity contribution is -0.384. The molecule has 0 aliphatic carbocycles. The standard InChI is InChI=1S/C20H16N4O3/c1-12(13-6-8-15(9-7-13)24(26)27)19-17(20(25)23-22-19)10-14-11-21-18-5-3-2-4-16(14)18/h2-12H,1H3,(H2,22,23,25). The molecule has 0 radical (unpaired) electrons. The molecule has 27 heavy (non-hydrogen) atoms. The number of hydrogen-bond acceptors (Lipinski definition) is 4. The molecule has 0 bridgehead atoms. The molecule has 0 spiro atoms. The molecule has 1 aliphatic heterocycles. The van der Waals surface area contributed by atoms with Gasteiger partial charge in [0.25, 0.3) is 11.2 Å². The highest BCUT2D eigenvalue weighted by Gasteiger charge is 2.19. The lowest BCUT2D eigenvalue weighted by Gasteiger charge is -2.11. The lowest BCUT2D eigenvalue weighted by atomic mass is 9.94. The molecule has 4 rings (SSSR count). The predicted octanol–water partition coefficient (Wildman–Crippen LogP) is 4.02. The first kappa shape index (κ1) is 16.7. The summed E-state index contributed by atoms with van der Waals surface area (Å²) in [5, 5.41) is 16.4. The molecule has 1 aromatic heterocycles. The average molecular weight is 360 g/mol. The molecule has 0 saturated carbocycles. The van der Waals surface area contributed by atoms with Crippen LogP contribution in [0, 0.1) is 10.1 Å². The Balaban J connectivity index is 1.72. The molecule has 7 nitrogen and oxygen atoms in total. The molecule has 0 saturated heterocycles. The van der Waals surface area contributed by atoms with Gasteiger partial charge >= 0.3 is 0 Å². The van der Waals surface area contributed by atoms with Gasteiger partial charge in [0.15, 0.2) is 0 Å². The number of nitrogens with one attached hydrogen (secondary N) is 2. The summed E-state index contributed by atoms with van der Waals surface area (Å²) < 4.78 is 0. The minimum atomic E-state index is -0.431. The Morgan fingerprint density at radius 2 is 1.85 bits per heavy atom. The molecule has 7 heteroatoms. The van der Waals surface area contributed by atoms with E-state index in [0.29, 0.717) is 5.56 Å². The number of benzene rings is 2. The maximum absolute atomic E-state index is 12.4. The van der Waals surface area contributed by atoms with E-state index < -0.39 is 4.92 Å². The Labute approximate surface area is 154 Å². The van der Waals surface area contributed by atoms with Gasteiger partial charge < -0.3 is 5.10 Å². The Morgan fingerprint density at radius 3 is 2.59 bits per heavy atom. The van der Waals surface area contributed by atoms with Gasteiger partial charge in [0.1, 0.15) is 0 Å². The van der Waals surface area contributed by atoms with Gasteiger partial charge in [0.2, 0.25) is 0 Å². The maximum atomic E-state index is 12.4. The van der Waals surface area contributed by atoms with Gasteiger partial charge in [-0.3, -0.25) is 25.0 Å². The number of non-ortho nitro benzene ring substituents is 1. The largest absolute Gasteiger partial charge is 0.301 e. The number of fused-ring (bicyclic) bond motifs is 1. The van der Waals surface area contributed by atoms with Gasteiger partial charge in [-0.25, -0.2) is 0 Å². The summed E-state index contributed by atoms with van der Waals surface area (Å²) in [4.78, 5) is 27.1. The first-order chi connectivity index (χ1) is 13.0. The Hall–Kier alpha value is -3.74. The van der Waals surface area contributed by atoms with E-state index >= 15 is 0 Å². The second-order valence-corrected chi connectivity index (χ2v) is 6.35. The molecular weight excluding hydrogens is 344 g/mol. The molecule has 0 amide bonds. The van der Waals surface area contributed by atoms with Crippen LogP contribution in [-0.4, -0.2) is 21.3 Å². The fourth-order valence-electron chi connectivity index (χ4n) is 3.23. The van der Waals surface area contributed by atoms with Crippen molar-refractivity contribution in [2.75, 3.05) is 0 Å². The molecule has 1 unspecified atom stereocenters. The number of nitrogens with zero attached hydrogens (tertiary/aromatic N) is 2. The summed E-state index contributed by atoms with van der Waals surface area (Å²) >= 11 is 0. The first-order valence-electron chi connectivity index (χ1n) is 8.44. The molecule has 1 atom stereocenters. The molecule has 2 heterocycles. The molecule has 3 aromatic rings. The number of nitro benzene ring substituents is 1. The topological polar surface area (TPSA) is 104 Å². The van der Waals surface area contributed by atoms with Gasteiger partial charge in [-0.2, -0.15) is 0 Å². The number of aliphatic imine (C=N–C) groups is 1. The van der Waals surface area contributed by atoms with Crippen LogP contribution >= 0.6 is 0 Å². The van der Waals surface area contributed by atoms with Gasteiger partial charge in [0, 0.05) is 35.4 Å². The summed E-state index contributed by atoms with van der Waals surface area (Å²) in [5.74, 6) is -0.148. The van der Waals surface area contributed by atoms with Crippen LogP contribution < -0.4 is 5.56 Å². The van der Waals surface area contributed by atoms with Crippen LogP contribution in [0.5, 0.6) is 0 Å². The van der Waals surface area contributed by atoms with E-state index in [9.17, 15) is 14.9 Å². The van der Waals surface area contributed by atoms with E-state index in [4.69, 9.17) is 0 Å². The van der Waals surface area contributed by atoms with Crippen molar-refractivity contribution in [2.24, 2.45) is 4.99 Å². The van der Waals surface area contributed by atoms with E-state index in [1.54, 1.807) is 18.3 Å². The van der Waals surface area contributed by atoms with Crippen molar-refractivity contribution in [1.29, 1.82) is 0 Å². The van der Waals surface area contributed by atoms with E-state index in [0.717, 1.165) is 28.1 Å². The second kappa shape index (κ2) is 6.53. The predicted molar refractivity (Wildman–Crippen MR) is 104 cm³/mol. The number of aromatic nitrogens is 2. The number of para-hydroxylation sites is 1. The Morgan fingerprint density at radius 1 is 1.11 bits per heavy atom. The van der Waals surface area contributed by atoms with Crippen molar-refractivity contribution in [3.8, 4) is 0 Å². The first-order valence-corrected chi connectivity index (χ1v) is 8.44. The van der Waals surface area contributed by atoms with Crippen molar-refractivity contribution >= 4 is 29.2 Å². The third kappa shape index (κ3) is 2.99. The highest BCUT2D eigenvalue weighted by atomic mass is 16.6. The number of nitro groups is 1. The second-order valence-electron chi connectivity index (χ2n) is 6.35. The number of allylic oxidation sites excluding steroid dienone is 1. The smallest absolute Gasteiger partial charge is 0.271 e. The third-order valence-corrected chi connectivity index (χ3v) is 4.74. The van der Waals surface area contributed by atoms with E-state index in [1.807, 2.05) is 37.3 Å². The summed E-state index contributed by atoms with van der Waals surface area (Å²) in [6.45, 7) is 1.94. The van der Waals surface area contributed by atoms with E-state index in [2.05, 4.69) is 15.2 Å². The van der Waals surface area contributed by atoms with Crippen molar-refractivity contribution in [3.63, 3.8) is 0 Å². The highest BCUT2D eigenvalue weighted by Crippen LogP contribution is 2.33. The van der Waals surface area contributed by atoms with Crippen molar-refractivity contribution in [3.05, 3.63) is 91.4 Å². The summed E-state index contributed by atoms with van der Waals surface area (Å²) in [5.41, 5.74) is 4.66. The Bertz CT molecular complexity index is 1140. The zero-order valence-electron chi connectivity index (χ0n) is 14.5. The normalized spacial score (nSPS) is 15.1. The molecule has 2 N–H and O–H groups in total. The molecule has 2 aromatic carbocycles. The van der Waals surface area contributed by atoms with Gasteiger partial charge in [-0.1, -0.05) is 37.3 Å². The minimum Gasteiger partial charge on any atom is -0.301 e. The molecule has 0 fully saturated rings. The van der Waals surface area contributed by atoms with Crippen LogP contribution in [0.15, 0.2) is 58.3 Å². The molecule has 134 valence electrons. The number of H-pyrrole nitrogens is 2. The van der Waals surface area contributed by atoms with Gasteiger partial charge in [-0.05, 0) is 17.7 Å². The van der Waals surface area contributed by atoms with Crippen molar-refractivity contribution in [1.82, 2.24) is 10.2 Å². The van der Waals surface area contributed by atoms with Crippen LogP contribution in [0.25, 0.3) is 11.6 Å². The zero-order valence-corrected chi connectivity index (χ0v) is 14.5. The fraction of sp³-hybridized carbons (Fsp3) is 0.100. The van der Waals surface area contributed by atoms with E-state index in [-0.39, 0.29) is 17.2 Å². The quantitative estimate of drug-likeness (QED) is 0.542. The minimum absolute atomic E-state index is 0.0367. The summed E-state index contributed by atoms with van der Waals surface area (Å²) in [7, 11) is 0. The van der Waals surface area contributed by atoms with E-state index in [1.165, 1.54) is 12.1 Å². The van der Waals surface area contributed by atoms with Gasteiger partial charge in [-0.15, -0.1) is 0 Å². The zero-order chi connectivity index (χ0) is 19.0. The summed E-state index contributed by atoms with van der Waals surface area (Å²) in [6, 6.07) is 14.1. The summed E-state index contributed by atoms with van der Waals surface area (Å²) in [6.07, 6.45) is 3.57. The number of aromatic amines is 2. The SMILES string of the molecule is CC(c1ccc([N+](=O)[O-])cc1)c1[nH][nH]c(=O)c1C=C1C=Nc2ccccc21. The molecule has 1 aliphatic rings. The fourth-order valence-corrected chi connectivity index (χ4v) is 3.23. The molecular formula is C20H16N4O3. The average Bonchev–Trinajstić information content (AvgIpc) is 3.26. The van der Waals surface area contributed by atoms with Crippen LogP contribution in [0.2, 0.25) is 0 Å². The Kier molecular flexibility index (Phi) is 4.04. The monoisotopic (exact) mass is 360 g/mol. The van der Waals surface area contributed by atoms with Gasteiger partial charge in [0.05, 0.1) is 21.9 Å². The van der Waals surface area contributed by atoms with Crippen LogP contribution in [0.1, 0.15) is 35.2 Å². The van der Waals surface area contributed by atoms with Crippen molar-refractivity contribution < 1.29 is 4.92 Å². The van der Waals surface area contributed by atoms with Crippen molar-refractivity contribution in [2.45, 2.75) is 12.8 Å². The lowest BCUT2D eigenvalue weighted by Crippen LogP contribution is -2.05. The number of hydrogen-bond donors (Lipinski definition) is 2. The highest BCUT2D eigenvalue weighted by molar-refractivity contribution is 6.21. The van der Waals surface area contributed by atoms with Crippen LogP contribution in [-0.2, 0) is 0 Å². The maximum Gasteiger partial charge on any atom is 0.271 e. The van der Waals surface area contributed by atoms with Crippen LogP contribution in [0.4, 0.5) is 11.4 Å². The third-order valence-electron chi connectivity index (χ3n) is 4.74. The number of rotatable bonds is 4.